The monoisotopic (exact) mass is 257 g/mol. The summed E-state index contributed by atoms with van der Waals surface area (Å²) in [7, 11) is 0. The van der Waals surface area contributed by atoms with Gasteiger partial charge in [-0.1, -0.05) is 38.0 Å². The van der Waals surface area contributed by atoms with Gasteiger partial charge < -0.3 is 10.6 Å². The van der Waals surface area contributed by atoms with Gasteiger partial charge in [-0.25, -0.2) is 0 Å². The minimum atomic E-state index is 0.0757. The average Bonchev–Trinajstić information content (AvgIpc) is 2.84. The number of hydrogen-bond acceptors (Lipinski definition) is 3. The van der Waals surface area contributed by atoms with Crippen molar-refractivity contribution in [2.45, 2.75) is 45.6 Å². The van der Waals surface area contributed by atoms with Crippen LogP contribution in [-0.2, 0) is 0 Å². The van der Waals surface area contributed by atoms with Crippen molar-refractivity contribution in [3.05, 3.63) is 29.8 Å². The molecule has 3 rings (SSSR count). The second-order valence-electron chi connectivity index (χ2n) is 6.61. The van der Waals surface area contributed by atoms with E-state index in [9.17, 15) is 0 Å². The van der Waals surface area contributed by atoms with Gasteiger partial charge in [0.05, 0.1) is 12.1 Å². The van der Waals surface area contributed by atoms with Crippen LogP contribution in [0.1, 0.15) is 38.7 Å². The van der Waals surface area contributed by atoms with E-state index in [0.29, 0.717) is 5.96 Å². The number of nitrogens with two attached hydrogens (primary N) is 1. The van der Waals surface area contributed by atoms with E-state index in [2.05, 4.69) is 54.9 Å². The van der Waals surface area contributed by atoms with Crippen LogP contribution in [0.3, 0.4) is 0 Å². The lowest BCUT2D eigenvalue weighted by molar-refractivity contribution is 0.227. The Kier molecular flexibility index (Phi) is 2.63. The van der Waals surface area contributed by atoms with Gasteiger partial charge >= 0.3 is 0 Å². The topological polar surface area (TPSA) is 41.6 Å². The first-order valence-corrected chi connectivity index (χ1v) is 7.13. The highest BCUT2D eigenvalue weighted by atomic mass is 15.4. The predicted octanol–water partition coefficient (Wildman–Crippen LogP) is 3.08. The SMILES string of the molecule is Cc1ccc(N2C(N)=NCC23CCCC3(C)C)cc1. The number of hydrogen-bond donors (Lipinski definition) is 1. The minimum Gasteiger partial charge on any atom is -0.369 e. The molecule has 1 heterocycles. The van der Waals surface area contributed by atoms with Crippen LogP contribution in [0.5, 0.6) is 0 Å². The van der Waals surface area contributed by atoms with E-state index in [0.717, 1.165) is 6.54 Å². The van der Waals surface area contributed by atoms with Crippen molar-refractivity contribution in [3.63, 3.8) is 0 Å². The zero-order chi connectivity index (χ0) is 13.7. The molecular formula is C16H23N3. The van der Waals surface area contributed by atoms with Crippen LogP contribution in [-0.4, -0.2) is 18.0 Å². The highest BCUT2D eigenvalue weighted by molar-refractivity contribution is 5.98. The molecule has 19 heavy (non-hydrogen) atoms. The van der Waals surface area contributed by atoms with Crippen molar-refractivity contribution in [1.82, 2.24) is 0 Å². The molecule has 1 saturated carbocycles. The smallest absolute Gasteiger partial charge is 0.196 e. The Hall–Kier alpha value is -1.51. The summed E-state index contributed by atoms with van der Waals surface area (Å²) in [6.45, 7) is 7.66. The van der Waals surface area contributed by atoms with Gasteiger partial charge in [-0.3, -0.25) is 4.99 Å². The largest absolute Gasteiger partial charge is 0.369 e. The van der Waals surface area contributed by atoms with E-state index < -0.39 is 0 Å². The van der Waals surface area contributed by atoms with Crippen molar-refractivity contribution in [3.8, 4) is 0 Å². The van der Waals surface area contributed by atoms with Crippen LogP contribution in [0.25, 0.3) is 0 Å². The average molecular weight is 257 g/mol. The summed E-state index contributed by atoms with van der Waals surface area (Å²) in [5.41, 5.74) is 8.98. The van der Waals surface area contributed by atoms with E-state index >= 15 is 0 Å². The summed E-state index contributed by atoms with van der Waals surface area (Å²) in [5.74, 6) is 0.679. The van der Waals surface area contributed by atoms with Crippen molar-refractivity contribution in [2.75, 3.05) is 11.4 Å². The number of nitrogens with zero attached hydrogens (tertiary/aromatic N) is 2. The fourth-order valence-electron chi connectivity index (χ4n) is 3.75. The second-order valence-corrected chi connectivity index (χ2v) is 6.61. The molecule has 2 aliphatic rings. The van der Waals surface area contributed by atoms with Crippen LogP contribution in [0.2, 0.25) is 0 Å². The molecule has 1 atom stereocenters. The molecule has 2 N–H and O–H groups in total. The van der Waals surface area contributed by atoms with Gasteiger partial charge in [0, 0.05) is 5.69 Å². The van der Waals surface area contributed by atoms with E-state index in [4.69, 9.17) is 5.73 Å². The molecule has 0 radical (unpaired) electrons. The quantitative estimate of drug-likeness (QED) is 0.840. The number of benzene rings is 1. The molecule has 3 nitrogen and oxygen atoms in total. The molecule has 1 fully saturated rings. The lowest BCUT2D eigenvalue weighted by atomic mass is 9.74. The molecule has 0 aromatic heterocycles. The Morgan fingerprint density at radius 1 is 1.16 bits per heavy atom. The molecular weight excluding hydrogens is 234 g/mol. The highest BCUT2D eigenvalue weighted by Crippen LogP contribution is 2.52. The zero-order valence-corrected chi connectivity index (χ0v) is 12.1. The summed E-state index contributed by atoms with van der Waals surface area (Å²) in [5, 5.41) is 0. The maximum absolute atomic E-state index is 6.20. The van der Waals surface area contributed by atoms with Gasteiger partial charge in [0.2, 0.25) is 0 Å². The van der Waals surface area contributed by atoms with Crippen molar-refractivity contribution >= 4 is 11.6 Å². The van der Waals surface area contributed by atoms with E-state index in [-0.39, 0.29) is 11.0 Å². The van der Waals surface area contributed by atoms with Gasteiger partial charge in [0.15, 0.2) is 5.96 Å². The summed E-state index contributed by atoms with van der Waals surface area (Å²) in [6.07, 6.45) is 3.69. The van der Waals surface area contributed by atoms with E-state index in [1.54, 1.807) is 0 Å². The lowest BCUT2D eigenvalue weighted by Gasteiger charge is -2.45. The van der Waals surface area contributed by atoms with Crippen molar-refractivity contribution in [2.24, 2.45) is 16.1 Å². The molecule has 0 saturated heterocycles. The number of rotatable bonds is 1. The number of aliphatic imine (C=N–C) groups is 1. The van der Waals surface area contributed by atoms with Crippen LogP contribution < -0.4 is 10.6 Å². The molecule has 0 bridgehead atoms. The predicted molar refractivity (Wildman–Crippen MR) is 80.5 cm³/mol. The number of aryl methyl sites for hydroxylation is 1. The Balaban J connectivity index is 2.06. The molecule has 0 amide bonds. The van der Waals surface area contributed by atoms with Crippen LogP contribution >= 0.6 is 0 Å². The zero-order valence-electron chi connectivity index (χ0n) is 12.1. The summed E-state index contributed by atoms with van der Waals surface area (Å²) >= 11 is 0. The standard InChI is InChI=1S/C16H23N3/c1-12-5-7-13(8-6-12)19-14(17)18-11-16(19)10-4-9-15(16,2)3/h5-8H,4,9-11H2,1-3H3,(H2,17,18). The maximum Gasteiger partial charge on any atom is 0.196 e. The van der Waals surface area contributed by atoms with Gasteiger partial charge in [0.1, 0.15) is 0 Å². The van der Waals surface area contributed by atoms with Crippen molar-refractivity contribution in [1.29, 1.82) is 0 Å². The van der Waals surface area contributed by atoms with Crippen LogP contribution in [0.4, 0.5) is 5.69 Å². The van der Waals surface area contributed by atoms with Crippen molar-refractivity contribution < 1.29 is 0 Å². The Labute approximate surface area is 115 Å². The van der Waals surface area contributed by atoms with Crippen LogP contribution in [0, 0.1) is 12.3 Å². The lowest BCUT2D eigenvalue weighted by Crippen LogP contribution is -2.57. The normalized spacial score (nSPS) is 29.0. The first-order valence-electron chi connectivity index (χ1n) is 7.13. The van der Waals surface area contributed by atoms with Gasteiger partial charge in [-0.2, -0.15) is 0 Å². The third-order valence-corrected chi connectivity index (χ3v) is 5.10. The molecule has 3 heteroatoms. The third kappa shape index (κ3) is 1.67. The summed E-state index contributed by atoms with van der Waals surface area (Å²) in [6, 6.07) is 8.63. The highest BCUT2D eigenvalue weighted by Gasteiger charge is 2.56. The Bertz CT molecular complexity index is 515. The molecule has 1 aliphatic carbocycles. The van der Waals surface area contributed by atoms with Gasteiger partial charge in [0.25, 0.3) is 0 Å². The van der Waals surface area contributed by atoms with Gasteiger partial charge in [-0.15, -0.1) is 0 Å². The first kappa shape index (κ1) is 12.5. The fourth-order valence-corrected chi connectivity index (χ4v) is 3.75. The van der Waals surface area contributed by atoms with E-state index in [1.165, 1.54) is 30.5 Å². The number of anilines is 1. The van der Waals surface area contributed by atoms with Gasteiger partial charge in [-0.05, 0) is 37.3 Å². The first-order chi connectivity index (χ1) is 8.96. The minimum absolute atomic E-state index is 0.0757. The molecule has 102 valence electrons. The summed E-state index contributed by atoms with van der Waals surface area (Å²) in [4.78, 5) is 6.86. The summed E-state index contributed by atoms with van der Waals surface area (Å²) < 4.78 is 0. The molecule has 1 aromatic rings. The second kappa shape index (κ2) is 3.99. The molecule has 1 unspecified atom stereocenters. The Morgan fingerprint density at radius 3 is 2.42 bits per heavy atom. The molecule has 1 aromatic carbocycles. The third-order valence-electron chi connectivity index (χ3n) is 5.10. The molecule has 1 spiro atoms. The van der Waals surface area contributed by atoms with Crippen LogP contribution in [0.15, 0.2) is 29.3 Å². The Morgan fingerprint density at radius 2 is 1.84 bits per heavy atom. The molecule has 1 aliphatic heterocycles. The fraction of sp³-hybridized carbons (Fsp3) is 0.562. The van der Waals surface area contributed by atoms with E-state index in [1.807, 2.05) is 0 Å². The maximum atomic E-state index is 6.20. The number of guanidine groups is 1.